The van der Waals surface area contributed by atoms with Crippen molar-refractivity contribution in [2.45, 2.75) is 18.0 Å². The number of hydrogen-bond donors (Lipinski definition) is 2. The van der Waals surface area contributed by atoms with E-state index in [4.69, 9.17) is 0 Å². The maximum absolute atomic E-state index is 13.7. The molecule has 6 nitrogen and oxygen atoms in total. The summed E-state index contributed by atoms with van der Waals surface area (Å²) >= 11 is 0. The number of benzene rings is 3. The number of rotatable bonds is 3. The molecule has 0 saturated carbocycles. The van der Waals surface area contributed by atoms with Gasteiger partial charge in [0.15, 0.2) is 0 Å². The van der Waals surface area contributed by atoms with Crippen molar-refractivity contribution in [2.75, 3.05) is 45.2 Å². The van der Waals surface area contributed by atoms with Gasteiger partial charge >= 0.3 is 0 Å². The van der Waals surface area contributed by atoms with Crippen molar-refractivity contribution in [3.63, 3.8) is 0 Å². The summed E-state index contributed by atoms with van der Waals surface area (Å²) in [5.74, 6) is 0. The fourth-order valence-electron chi connectivity index (χ4n) is 4.09. The van der Waals surface area contributed by atoms with Crippen LogP contribution in [0.3, 0.4) is 0 Å². The summed E-state index contributed by atoms with van der Waals surface area (Å²) in [6, 6.07) is 19.8. The van der Waals surface area contributed by atoms with Gasteiger partial charge in [0.05, 0.1) is 4.90 Å². The molecule has 0 aliphatic carbocycles. The Morgan fingerprint density at radius 2 is 1.39 bits per heavy atom. The summed E-state index contributed by atoms with van der Waals surface area (Å²) in [6.45, 7) is 3.49. The lowest BCUT2D eigenvalue weighted by atomic mass is 10.1. The van der Waals surface area contributed by atoms with Gasteiger partial charge in [-0.3, -0.25) is 0 Å². The minimum Gasteiger partial charge on any atom is -0.377 e. The third kappa shape index (κ3) is 4.75. The Morgan fingerprint density at radius 3 is 2.03 bits per heavy atom. The number of fused-ring (bicyclic) bond motifs is 3. The topological polar surface area (TPSA) is 64.7 Å². The van der Waals surface area contributed by atoms with Gasteiger partial charge in [0.25, 0.3) is 0 Å². The van der Waals surface area contributed by atoms with Crippen LogP contribution in [0.25, 0.3) is 10.8 Å². The van der Waals surface area contributed by atoms with Gasteiger partial charge in [-0.05, 0) is 23.3 Å². The van der Waals surface area contributed by atoms with Crippen LogP contribution in [0.1, 0.15) is 11.1 Å². The van der Waals surface area contributed by atoms with Crippen molar-refractivity contribution < 1.29 is 8.42 Å². The molecule has 0 amide bonds. The lowest BCUT2D eigenvalue weighted by molar-refractivity contribution is 0.397. The van der Waals surface area contributed by atoms with Crippen LogP contribution in [0, 0.1) is 0 Å². The minimum absolute atomic E-state index is 0.367. The van der Waals surface area contributed by atoms with Gasteiger partial charge in [0, 0.05) is 69.8 Å². The molecule has 1 aliphatic heterocycles. The second-order valence-electron chi connectivity index (χ2n) is 8.10. The standard InChI is InChI=1S/C24H30N4O2S/c1-27(2)23-10-4-9-22-21(23)8-5-11-24(22)31(29,30)28-14-12-25-17-19-6-3-7-20(16-19)18-26-13-15-28/h3-11,16,25-26H,12-15,17-18H2,1-2H3. The van der Waals surface area contributed by atoms with Crippen molar-refractivity contribution >= 4 is 26.5 Å². The number of anilines is 1. The molecule has 0 fully saturated rings. The van der Waals surface area contributed by atoms with E-state index in [1.54, 1.807) is 10.4 Å². The van der Waals surface area contributed by atoms with E-state index >= 15 is 0 Å². The predicted molar refractivity (Wildman–Crippen MR) is 127 cm³/mol. The number of hydrogen-bond acceptors (Lipinski definition) is 5. The van der Waals surface area contributed by atoms with Gasteiger partial charge < -0.3 is 15.5 Å². The Balaban J connectivity index is 1.64. The normalized spacial score (nSPS) is 16.5. The zero-order valence-corrected chi connectivity index (χ0v) is 19.0. The van der Waals surface area contributed by atoms with Crippen LogP contribution in [0.4, 0.5) is 5.69 Å². The van der Waals surface area contributed by atoms with E-state index in [2.05, 4.69) is 34.9 Å². The summed E-state index contributed by atoms with van der Waals surface area (Å²) in [5.41, 5.74) is 3.42. The quantitative estimate of drug-likeness (QED) is 0.658. The van der Waals surface area contributed by atoms with Gasteiger partial charge in [0.2, 0.25) is 10.0 Å². The molecule has 0 saturated heterocycles. The van der Waals surface area contributed by atoms with Gasteiger partial charge in [0.1, 0.15) is 0 Å². The molecular weight excluding hydrogens is 408 g/mol. The third-order valence-electron chi connectivity index (χ3n) is 5.68. The maximum Gasteiger partial charge on any atom is 0.243 e. The van der Waals surface area contributed by atoms with Crippen LogP contribution in [0.2, 0.25) is 0 Å². The third-order valence-corrected chi connectivity index (χ3v) is 7.64. The molecular formula is C24H30N4O2S. The van der Waals surface area contributed by atoms with Crippen LogP contribution in [0.15, 0.2) is 65.6 Å². The Bertz CT molecular complexity index is 1130. The highest BCUT2D eigenvalue weighted by Crippen LogP contribution is 2.31. The summed E-state index contributed by atoms with van der Waals surface area (Å²) < 4.78 is 29.0. The summed E-state index contributed by atoms with van der Waals surface area (Å²) in [7, 11) is 0.296. The van der Waals surface area contributed by atoms with Crippen molar-refractivity contribution in [3.8, 4) is 0 Å². The molecule has 4 rings (SSSR count). The Labute approximate surface area is 184 Å². The highest BCUT2D eigenvalue weighted by molar-refractivity contribution is 7.89. The predicted octanol–water partition coefficient (Wildman–Crippen LogP) is 2.79. The number of nitrogens with zero attached hydrogens (tertiary/aromatic N) is 2. The highest BCUT2D eigenvalue weighted by Gasteiger charge is 2.26. The SMILES string of the molecule is CN(C)c1cccc2c(S(=O)(=O)N3CCNCc4cccc(c4)CNCC3)cccc12. The Morgan fingerprint density at radius 1 is 0.806 bits per heavy atom. The molecule has 0 atom stereocenters. The minimum atomic E-state index is -3.65. The Hall–Kier alpha value is -2.45. The summed E-state index contributed by atoms with van der Waals surface area (Å²) in [4.78, 5) is 2.38. The van der Waals surface area contributed by atoms with Crippen LogP contribution in [-0.4, -0.2) is 53.0 Å². The fraction of sp³-hybridized carbons (Fsp3) is 0.333. The highest BCUT2D eigenvalue weighted by atomic mass is 32.2. The van der Waals surface area contributed by atoms with Crippen molar-refractivity contribution in [3.05, 3.63) is 71.8 Å². The van der Waals surface area contributed by atoms with E-state index in [0.29, 0.717) is 31.1 Å². The first-order chi connectivity index (χ1) is 15.0. The molecule has 2 N–H and O–H groups in total. The summed E-state index contributed by atoms with van der Waals surface area (Å²) in [6.07, 6.45) is 0. The largest absolute Gasteiger partial charge is 0.377 e. The lowest BCUT2D eigenvalue weighted by Crippen LogP contribution is -2.41. The second-order valence-corrected chi connectivity index (χ2v) is 10.0. The van der Waals surface area contributed by atoms with Gasteiger partial charge in [-0.25, -0.2) is 8.42 Å². The summed E-state index contributed by atoms with van der Waals surface area (Å²) in [5, 5.41) is 8.49. The van der Waals surface area contributed by atoms with E-state index in [0.717, 1.165) is 29.5 Å². The zero-order chi connectivity index (χ0) is 21.8. The smallest absolute Gasteiger partial charge is 0.243 e. The Kier molecular flexibility index (Phi) is 6.57. The van der Waals surface area contributed by atoms with Crippen molar-refractivity contribution in [2.24, 2.45) is 0 Å². The van der Waals surface area contributed by atoms with Crippen molar-refractivity contribution in [1.82, 2.24) is 14.9 Å². The number of sulfonamides is 1. The van der Waals surface area contributed by atoms with Crippen LogP contribution in [-0.2, 0) is 23.1 Å². The first-order valence-corrected chi connectivity index (χ1v) is 12.1. The van der Waals surface area contributed by atoms with Gasteiger partial charge in [-0.2, -0.15) is 4.31 Å². The van der Waals surface area contributed by atoms with Crippen LogP contribution in [0.5, 0.6) is 0 Å². The van der Waals surface area contributed by atoms with E-state index < -0.39 is 10.0 Å². The molecule has 2 bridgehead atoms. The van der Waals surface area contributed by atoms with Gasteiger partial charge in [-0.1, -0.05) is 48.5 Å². The monoisotopic (exact) mass is 438 g/mol. The number of nitrogens with one attached hydrogen (secondary N) is 2. The molecule has 0 radical (unpaired) electrons. The molecule has 0 unspecified atom stereocenters. The molecule has 3 aromatic rings. The average Bonchev–Trinajstić information content (AvgIpc) is 2.76. The molecule has 31 heavy (non-hydrogen) atoms. The van der Waals surface area contributed by atoms with Crippen molar-refractivity contribution in [1.29, 1.82) is 0 Å². The first kappa shape index (κ1) is 21.8. The first-order valence-electron chi connectivity index (χ1n) is 10.7. The molecule has 1 heterocycles. The maximum atomic E-state index is 13.7. The van der Waals surface area contributed by atoms with E-state index in [-0.39, 0.29) is 0 Å². The van der Waals surface area contributed by atoms with Crippen LogP contribution >= 0.6 is 0 Å². The zero-order valence-electron chi connectivity index (χ0n) is 18.1. The van der Waals surface area contributed by atoms with Crippen LogP contribution < -0.4 is 15.5 Å². The molecule has 7 heteroatoms. The molecule has 0 spiro atoms. The second kappa shape index (κ2) is 9.36. The lowest BCUT2D eigenvalue weighted by Gasteiger charge is -2.25. The van der Waals surface area contributed by atoms with E-state index in [1.807, 2.05) is 49.3 Å². The van der Waals surface area contributed by atoms with Gasteiger partial charge in [-0.15, -0.1) is 0 Å². The average molecular weight is 439 g/mol. The molecule has 0 aromatic heterocycles. The van der Waals surface area contributed by atoms with E-state index in [9.17, 15) is 8.42 Å². The van der Waals surface area contributed by atoms with E-state index in [1.165, 1.54) is 11.1 Å². The molecule has 164 valence electrons. The molecule has 3 aromatic carbocycles. The molecule has 1 aliphatic rings. The fourth-order valence-corrected chi connectivity index (χ4v) is 5.74.